The maximum Gasteiger partial charge on any atom is 0.333 e. The Bertz CT molecular complexity index is 525. The summed E-state index contributed by atoms with van der Waals surface area (Å²) in [5.41, 5.74) is 2.20. The average molecular weight is 310 g/mol. The van der Waals surface area contributed by atoms with Crippen LogP contribution in [0.4, 0.5) is 5.69 Å². The SMILES string of the molecule is COC(=O)C1=Cc2cc(Br)ccc2N(C=O)CC1. The van der Waals surface area contributed by atoms with Gasteiger partial charge in [-0.1, -0.05) is 15.9 Å². The fourth-order valence-electron chi connectivity index (χ4n) is 1.93. The lowest BCUT2D eigenvalue weighted by Gasteiger charge is -2.17. The molecule has 1 aliphatic rings. The fraction of sp³-hybridized carbons (Fsp3) is 0.231. The van der Waals surface area contributed by atoms with Crippen LogP contribution >= 0.6 is 15.9 Å². The van der Waals surface area contributed by atoms with Gasteiger partial charge >= 0.3 is 5.97 Å². The molecule has 1 aliphatic heterocycles. The Hall–Kier alpha value is -1.62. The van der Waals surface area contributed by atoms with E-state index in [0.29, 0.717) is 18.5 Å². The van der Waals surface area contributed by atoms with E-state index in [1.165, 1.54) is 7.11 Å². The summed E-state index contributed by atoms with van der Waals surface area (Å²) in [5, 5.41) is 0. The van der Waals surface area contributed by atoms with Gasteiger partial charge < -0.3 is 9.64 Å². The van der Waals surface area contributed by atoms with Crippen molar-refractivity contribution in [3.63, 3.8) is 0 Å². The zero-order valence-corrected chi connectivity index (χ0v) is 11.4. The normalized spacial score (nSPS) is 14.3. The third kappa shape index (κ3) is 2.46. The van der Waals surface area contributed by atoms with Gasteiger partial charge in [0.1, 0.15) is 0 Å². The van der Waals surface area contributed by atoms with Gasteiger partial charge in [-0.15, -0.1) is 0 Å². The highest BCUT2D eigenvalue weighted by Crippen LogP contribution is 2.29. The molecule has 94 valence electrons. The Balaban J connectivity index is 2.50. The minimum atomic E-state index is -0.353. The van der Waals surface area contributed by atoms with Gasteiger partial charge in [-0.2, -0.15) is 0 Å². The zero-order valence-electron chi connectivity index (χ0n) is 9.85. The second-order valence-corrected chi connectivity index (χ2v) is 4.83. The maximum absolute atomic E-state index is 11.6. The highest BCUT2D eigenvalue weighted by molar-refractivity contribution is 9.10. The van der Waals surface area contributed by atoms with Crippen molar-refractivity contribution in [2.75, 3.05) is 18.6 Å². The molecule has 4 nitrogen and oxygen atoms in total. The molecule has 0 bridgehead atoms. The Morgan fingerprint density at radius 3 is 2.94 bits per heavy atom. The van der Waals surface area contributed by atoms with Crippen LogP contribution in [0, 0.1) is 0 Å². The Labute approximate surface area is 113 Å². The topological polar surface area (TPSA) is 46.6 Å². The second kappa shape index (κ2) is 5.35. The van der Waals surface area contributed by atoms with E-state index in [2.05, 4.69) is 15.9 Å². The van der Waals surface area contributed by atoms with Crippen molar-refractivity contribution in [1.82, 2.24) is 0 Å². The van der Waals surface area contributed by atoms with E-state index in [1.807, 2.05) is 18.2 Å². The molecule has 0 N–H and O–H groups in total. The van der Waals surface area contributed by atoms with Crippen LogP contribution in [0.3, 0.4) is 0 Å². The molecular formula is C13H12BrNO3. The summed E-state index contributed by atoms with van der Waals surface area (Å²) < 4.78 is 5.63. The van der Waals surface area contributed by atoms with E-state index in [9.17, 15) is 9.59 Å². The first-order valence-corrected chi connectivity index (χ1v) is 6.25. The van der Waals surface area contributed by atoms with Gasteiger partial charge in [0, 0.05) is 16.6 Å². The molecule has 0 spiro atoms. The van der Waals surface area contributed by atoms with Crippen LogP contribution in [0.25, 0.3) is 6.08 Å². The lowest BCUT2D eigenvalue weighted by atomic mass is 10.1. The summed E-state index contributed by atoms with van der Waals surface area (Å²) in [6.07, 6.45) is 3.04. The summed E-state index contributed by atoms with van der Waals surface area (Å²) in [6.45, 7) is 0.471. The van der Waals surface area contributed by atoms with Gasteiger partial charge in [0.15, 0.2) is 0 Å². The predicted octanol–water partition coefficient (Wildman–Crippen LogP) is 2.37. The van der Waals surface area contributed by atoms with Gasteiger partial charge in [-0.05, 0) is 36.3 Å². The quantitative estimate of drug-likeness (QED) is 0.622. The number of rotatable bonds is 2. The van der Waals surface area contributed by atoms with Crippen molar-refractivity contribution < 1.29 is 14.3 Å². The Kier molecular flexibility index (Phi) is 3.81. The van der Waals surface area contributed by atoms with Crippen molar-refractivity contribution in [3.8, 4) is 0 Å². The van der Waals surface area contributed by atoms with Crippen molar-refractivity contribution in [1.29, 1.82) is 0 Å². The van der Waals surface area contributed by atoms with E-state index in [-0.39, 0.29) is 5.97 Å². The lowest BCUT2D eigenvalue weighted by molar-refractivity contribution is -0.136. The number of fused-ring (bicyclic) bond motifs is 1. The highest BCUT2D eigenvalue weighted by atomic mass is 79.9. The fourth-order valence-corrected chi connectivity index (χ4v) is 2.30. The molecule has 18 heavy (non-hydrogen) atoms. The number of amides is 1. The predicted molar refractivity (Wildman–Crippen MR) is 72.2 cm³/mol. The summed E-state index contributed by atoms with van der Waals surface area (Å²) in [5.74, 6) is -0.353. The minimum absolute atomic E-state index is 0.353. The molecule has 2 rings (SSSR count). The number of hydrogen-bond donors (Lipinski definition) is 0. The molecule has 1 aromatic carbocycles. The van der Waals surface area contributed by atoms with Crippen LogP contribution in [0.1, 0.15) is 12.0 Å². The highest BCUT2D eigenvalue weighted by Gasteiger charge is 2.19. The number of benzene rings is 1. The molecule has 5 heteroatoms. The molecule has 0 unspecified atom stereocenters. The number of carbonyl (C=O) groups is 2. The number of hydrogen-bond acceptors (Lipinski definition) is 3. The van der Waals surface area contributed by atoms with Crippen LogP contribution in [-0.2, 0) is 14.3 Å². The molecule has 1 heterocycles. The molecule has 0 fully saturated rings. The molecule has 0 aliphatic carbocycles. The lowest BCUT2D eigenvalue weighted by Crippen LogP contribution is -2.22. The second-order valence-electron chi connectivity index (χ2n) is 3.91. The van der Waals surface area contributed by atoms with Crippen LogP contribution in [-0.4, -0.2) is 26.0 Å². The van der Waals surface area contributed by atoms with Gasteiger partial charge in [-0.3, -0.25) is 4.79 Å². The van der Waals surface area contributed by atoms with E-state index >= 15 is 0 Å². The van der Waals surface area contributed by atoms with Crippen molar-refractivity contribution in [2.45, 2.75) is 6.42 Å². The Morgan fingerprint density at radius 1 is 1.50 bits per heavy atom. The monoisotopic (exact) mass is 309 g/mol. The molecule has 0 atom stereocenters. The standard InChI is InChI=1S/C13H12BrNO3/c1-18-13(17)9-4-5-15(8-16)12-3-2-11(14)7-10(12)6-9/h2-3,6-8H,4-5H2,1H3. The minimum Gasteiger partial charge on any atom is -0.466 e. The maximum atomic E-state index is 11.6. The number of nitrogens with zero attached hydrogens (tertiary/aromatic N) is 1. The van der Waals surface area contributed by atoms with Crippen LogP contribution < -0.4 is 4.90 Å². The zero-order chi connectivity index (χ0) is 13.1. The van der Waals surface area contributed by atoms with E-state index in [0.717, 1.165) is 22.1 Å². The smallest absolute Gasteiger partial charge is 0.333 e. The number of anilines is 1. The summed E-state index contributed by atoms with van der Waals surface area (Å²) in [6, 6.07) is 5.59. The number of halogens is 1. The third-order valence-electron chi connectivity index (χ3n) is 2.83. The van der Waals surface area contributed by atoms with Crippen molar-refractivity contribution >= 4 is 40.1 Å². The molecule has 0 saturated heterocycles. The van der Waals surface area contributed by atoms with Crippen molar-refractivity contribution in [3.05, 3.63) is 33.8 Å². The molecular weight excluding hydrogens is 298 g/mol. The summed E-state index contributed by atoms with van der Waals surface area (Å²) >= 11 is 3.38. The van der Waals surface area contributed by atoms with Gasteiger partial charge in [-0.25, -0.2) is 4.79 Å². The van der Waals surface area contributed by atoms with E-state index < -0.39 is 0 Å². The summed E-state index contributed by atoms with van der Waals surface area (Å²) in [4.78, 5) is 24.3. The summed E-state index contributed by atoms with van der Waals surface area (Å²) in [7, 11) is 1.35. The first-order valence-electron chi connectivity index (χ1n) is 5.46. The molecule has 0 saturated carbocycles. The van der Waals surface area contributed by atoms with Crippen LogP contribution in [0.15, 0.2) is 28.2 Å². The number of esters is 1. The molecule has 0 radical (unpaired) electrons. The average Bonchev–Trinajstić information content (AvgIpc) is 2.56. The first-order chi connectivity index (χ1) is 8.65. The van der Waals surface area contributed by atoms with E-state index in [1.54, 1.807) is 11.0 Å². The number of carbonyl (C=O) groups excluding carboxylic acids is 2. The first kappa shape index (κ1) is 12.8. The largest absolute Gasteiger partial charge is 0.466 e. The molecule has 1 aromatic rings. The van der Waals surface area contributed by atoms with Crippen LogP contribution in [0.2, 0.25) is 0 Å². The molecule has 1 amide bonds. The van der Waals surface area contributed by atoms with Crippen molar-refractivity contribution in [2.24, 2.45) is 0 Å². The Morgan fingerprint density at radius 2 is 2.28 bits per heavy atom. The number of methoxy groups -OCH3 is 1. The third-order valence-corrected chi connectivity index (χ3v) is 3.32. The number of ether oxygens (including phenoxy) is 1. The van der Waals surface area contributed by atoms with Gasteiger partial charge in [0.25, 0.3) is 0 Å². The van der Waals surface area contributed by atoms with E-state index in [4.69, 9.17) is 4.74 Å². The van der Waals surface area contributed by atoms with Gasteiger partial charge in [0.2, 0.25) is 6.41 Å². The van der Waals surface area contributed by atoms with Gasteiger partial charge in [0.05, 0.1) is 12.8 Å². The van der Waals surface area contributed by atoms with Crippen LogP contribution in [0.5, 0.6) is 0 Å². The molecule has 0 aromatic heterocycles.